The molecule has 1 unspecified atom stereocenters. The second-order valence-corrected chi connectivity index (χ2v) is 11.3. The Morgan fingerprint density at radius 1 is 1.09 bits per heavy atom. The van der Waals surface area contributed by atoms with Crippen LogP contribution in [-0.2, 0) is 18.6 Å². The molecule has 0 saturated carbocycles. The van der Waals surface area contributed by atoms with Crippen LogP contribution in [-0.4, -0.2) is 79.7 Å². The fourth-order valence-electron chi connectivity index (χ4n) is 3.98. The van der Waals surface area contributed by atoms with Crippen LogP contribution >= 0.6 is 7.75 Å². The third kappa shape index (κ3) is 9.58. The lowest BCUT2D eigenvalue weighted by atomic mass is 10.1. The molecule has 0 saturated heterocycles. The number of benzene rings is 2. The zero-order valence-electron chi connectivity index (χ0n) is 25.7. The fraction of sp³-hybridized carbons (Fsp3) is 0.379. The number of aliphatic hydroxyl groups is 1. The molecule has 0 bridgehead atoms. The summed E-state index contributed by atoms with van der Waals surface area (Å²) in [5.41, 5.74) is -0.727. The van der Waals surface area contributed by atoms with Crippen LogP contribution in [0.2, 0.25) is 0 Å². The van der Waals surface area contributed by atoms with Crippen molar-refractivity contribution in [3.05, 3.63) is 70.8 Å². The van der Waals surface area contributed by atoms with Crippen molar-refractivity contribution in [2.24, 2.45) is 0 Å². The van der Waals surface area contributed by atoms with Crippen LogP contribution in [0.5, 0.6) is 23.0 Å². The van der Waals surface area contributed by atoms with E-state index in [1.807, 2.05) is 0 Å². The molecule has 1 aromatic heterocycles. The average molecular weight is 667 g/mol. The molecule has 0 aliphatic rings. The number of rotatable bonds is 18. The van der Waals surface area contributed by atoms with Gasteiger partial charge in [-0.1, -0.05) is 18.2 Å². The molecule has 1 heterocycles. The first-order valence-corrected chi connectivity index (χ1v) is 15.3. The molecule has 1 amide bonds. The summed E-state index contributed by atoms with van der Waals surface area (Å²) >= 11 is 0. The van der Waals surface area contributed by atoms with E-state index in [0.717, 1.165) is 4.57 Å². The normalized spacial score (nSPS) is 15.0. The highest BCUT2D eigenvalue weighted by molar-refractivity contribution is 7.52. The lowest BCUT2D eigenvalue weighted by Crippen LogP contribution is -2.39. The van der Waals surface area contributed by atoms with E-state index >= 15 is 0 Å². The Hall–Kier alpha value is -4.34. The molecule has 5 atom stereocenters. The summed E-state index contributed by atoms with van der Waals surface area (Å²) < 4.78 is 60.4. The average Bonchev–Trinajstić information content (AvgIpc) is 3.05. The Morgan fingerprint density at radius 2 is 1.74 bits per heavy atom. The molecule has 2 aromatic carbocycles. The van der Waals surface area contributed by atoms with Gasteiger partial charge in [-0.2, -0.15) is 4.98 Å². The predicted molar refractivity (Wildman–Crippen MR) is 163 cm³/mol. The summed E-state index contributed by atoms with van der Waals surface area (Å²) in [6.07, 6.45) is -2.61. The van der Waals surface area contributed by atoms with Gasteiger partial charge in [0.15, 0.2) is 11.5 Å². The Labute approximate surface area is 264 Å². The maximum atomic E-state index is 13.6. The van der Waals surface area contributed by atoms with Crippen molar-refractivity contribution < 1.29 is 51.6 Å². The quantitative estimate of drug-likeness (QED) is 0.133. The summed E-state index contributed by atoms with van der Waals surface area (Å²) in [6.45, 7) is 0.910. The number of carbonyl (C=O) groups is 2. The number of aliphatic hydroxyl groups excluding tert-OH is 1. The van der Waals surface area contributed by atoms with Crippen molar-refractivity contribution >= 4 is 25.8 Å². The van der Waals surface area contributed by atoms with Crippen molar-refractivity contribution in [2.45, 2.75) is 38.3 Å². The topological polar surface area (TPSA) is 186 Å². The summed E-state index contributed by atoms with van der Waals surface area (Å²) in [4.78, 5) is 40.9. The molecule has 0 aliphatic carbocycles. The molecule has 3 aromatic rings. The molecule has 3 rings (SSSR count). The van der Waals surface area contributed by atoms with Crippen molar-refractivity contribution in [2.75, 3.05) is 39.9 Å². The summed E-state index contributed by atoms with van der Waals surface area (Å²) in [7, 11) is -0.0265. The Balaban J connectivity index is 1.75. The highest BCUT2D eigenvalue weighted by Crippen LogP contribution is 2.45. The van der Waals surface area contributed by atoms with Crippen LogP contribution in [0.3, 0.4) is 0 Å². The Morgan fingerprint density at radius 3 is 2.28 bits per heavy atom. The van der Waals surface area contributed by atoms with E-state index in [4.69, 9.17) is 28.0 Å². The second-order valence-electron chi connectivity index (χ2n) is 9.62. The number of aromatic nitrogens is 2. The SMILES string of the molecule is COc1cc(C(=O)Nc2ccn([C@@H](C)OC(CO[P@@](=O)(N[C@@H](C)C=O)Oc3ccccc3)[C@H](O)CF)c(=O)n2)cc(OC)c1OC. The molecule has 46 heavy (non-hydrogen) atoms. The third-order valence-corrected chi connectivity index (χ3v) is 7.96. The predicted octanol–water partition coefficient (Wildman–Crippen LogP) is 3.14. The van der Waals surface area contributed by atoms with E-state index in [-0.39, 0.29) is 34.4 Å². The summed E-state index contributed by atoms with van der Waals surface area (Å²) in [5, 5.41) is 15.2. The molecule has 17 heteroatoms. The Kier molecular flexibility index (Phi) is 13.2. The van der Waals surface area contributed by atoms with Gasteiger partial charge in [0, 0.05) is 11.8 Å². The number of methoxy groups -OCH3 is 3. The monoisotopic (exact) mass is 666 g/mol. The number of ether oxygens (including phenoxy) is 4. The number of alkyl halides is 1. The van der Waals surface area contributed by atoms with Gasteiger partial charge < -0.3 is 38.7 Å². The van der Waals surface area contributed by atoms with Gasteiger partial charge in [-0.25, -0.2) is 18.8 Å². The lowest BCUT2D eigenvalue weighted by molar-refractivity contribution is -0.119. The van der Waals surface area contributed by atoms with Crippen molar-refractivity contribution in [1.29, 1.82) is 0 Å². The fourth-order valence-corrected chi connectivity index (χ4v) is 5.46. The van der Waals surface area contributed by atoms with Crippen LogP contribution in [0.1, 0.15) is 30.4 Å². The second kappa shape index (κ2) is 16.8. The van der Waals surface area contributed by atoms with Gasteiger partial charge in [0.2, 0.25) is 5.75 Å². The van der Waals surface area contributed by atoms with Crippen molar-refractivity contribution in [3.63, 3.8) is 0 Å². The number of hydrogen-bond donors (Lipinski definition) is 3. The molecule has 0 fully saturated rings. The summed E-state index contributed by atoms with van der Waals surface area (Å²) in [6, 6.07) is 11.2. The molecular weight excluding hydrogens is 630 g/mol. The van der Waals surface area contributed by atoms with Gasteiger partial charge in [0.1, 0.15) is 43.0 Å². The minimum Gasteiger partial charge on any atom is -0.493 e. The minimum absolute atomic E-state index is 0.0924. The molecule has 0 aliphatic heterocycles. The van der Waals surface area contributed by atoms with Crippen molar-refractivity contribution in [1.82, 2.24) is 14.6 Å². The number of hydrogen-bond acceptors (Lipinski definition) is 12. The number of para-hydroxylation sites is 1. The van der Waals surface area contributed by atoms with E-state index in [0.29, 0.717) is 6.29 Å². The van der Waals surface area contributed by atoms with Crippen molar-refractivity contribution in [3.8, 4) is 23.0 Å². The molecule has 0 radical (unpaired) electrons. The number of amides is 1. The zero-order chi connectivity index (χ0) is 33.9. The number of nitrogens with zero attached hydrogens (tertiary/aromatic N) is 2. The first kappa shape index (κ1) is 36.1. The van der Waals surface area contributed by atoms with Gasteiger partial charge in [-0.05, 0) is 44.2 Å². The molecular formula is C29H36FN4O11P. The third-order valence-electron chi connectivity index (χ3n) is 6.29. The van der Waals surface area contributed by atoms with Crippen LogP contribution < -0.4 is 34.8 Å². The van der Waals surface area contributed by atoms with E-state index in [2.05, 4.69) is 15.4 Å². The van der Waals surface area contributed by atoms with Gasteiger partial charge in [-0.15, -0.1) is 0 Å². The van der Waals surface area contributed by atoms with Gasteiger partial charge in [0.25, 0.3) is 5.91 Å². The molecule has 250 valence electrons. The number of anilines is 1. The van der Waals surface area contributed by atoms with Crippen LogP contribution in [0.4, 0.5) is 10.2 Å². The molecule has 3 N–H and O–H groups in total. The number of aldehydes is 1. The highest BCUT2D eigenvalue weighted by atomic mass is 31.2. The maximum Gasteiger partial charge on any atom is 0.459 e. The number of halogens is 1. The Bertz CT molecular complexity index is 1550. The largest absolute Gasteiger partial charge is 0.493 e. The first-order chi connectivity index (χ1) is 22.0. The van der Waals surface area contributed by atoms with Crippen LogP contribution in [0, 0.1) is 0 Å². The lowest BCUT2D eigenvalue weighted by Gasteiger charge is -2.28. The first-order valence-electron chi connectivity index (χ1n) is 13.8. The maximum absolute atomic E-state index is 13.6. The van der Waals surface area contributed by atoms with Gasteiger partial charge in [-0.3, -0.25) is 13.9 Å². The van der Waals surface area contributed by atoms with Gasteiger partial charge >= 0.3 is 13.4 Å². The zero-order valence-corrected chi connectivity index (χ0v) is 26.6. The standard InChI is InChI=1S/C29H36FN4O11P/c1-18(16-35)33-46(39,45-21-9-7-6-8-10-21)43-17-25(22(36)15-30)44-19(2)34-12-11-26(32-29(34)38)31-28(37)20-13-23(40-3)27(42-5)24(14-20)41-4/h6-14,16,18-19,22,25,36H,15,17H2,1-5H3,(H,33,39)(H,31,32,37,38)/t18-,19+,22+,25?,46-/m0/s1. The molecule has 15 nitrogen and oxygen atoms in total. The minimum atomic E-state index is -4.24. The van der Waals surface area contributed by atoms with E-state index in [9.17, 15) is 28.4 Å². The van der Waals surface area contributed by atoms with E-state index in [1.54, 1.807) is 18.2 Å². The van der Waals surface area contributed by atoms with Crippen LogP contribution in [0.15, 0.2) is 59.5 Å². The van der Waals surface area contributed by atoms with E-state index < -0.39 is 57.1 Å². The smallest absolute Gasteiger partial charge is 0.459 e. The highest BCUT2D eigenvalue weighted by Gasteiger charge is 2.33. The number of nitrogens with one attached hydrogen (secondary N) is 2. The van der Waals surface area contributed by atoms with Gasteiger partial charge in [0.05, 0.1) is 34.0 Å². The van der Waals surface area contributed by atoms with Crippen LogP contribution in [0.25, 0.3) is 0 Å². The summed E-state index contributed by atoms with van der Waals surface area (Å²) in [5.74, 6) is 0.209. The van der Waals surface area contributed by atoms with E-state index in [1.165, 1.54) is 71.7 Å². The number of carbonyl (C=O) groups excluding carboxylic acids is 2. The molecule has 0 spiro atoms.